The normalized spacial score (nSPS) is 21.3. The van der Waals surface area contributed by atoms with Gasteiger partial charge in [-0.1, -0.05) is 0 Å². The van der Waals surface area contributed by atoms with E-state index in [1.54, 1.807) is 13.8 Å². The van der Waals surface area contributed by atoms with E-state index < -0.39 is 20.9 Å². The number of hydrogen-bond acceptors (Lipinski definition) is 6. The highest BCUT2D eigenvalue weighted by Gasteiger charge is 2.30. The summed E-state index contributed by atoms with van der Waals surface area (Å²) in [6, 6.07) is 3.96. The third-order valence-corrected chi connectivity index (χ3v) is 6.31. The van der Waals surface area contributed by atoms with E-state index in [1.165, 1.54) is 16.4 Å². The molecule has 1 aliphatic rings. The summed E-state index contributed by atoms with van der Waals surface area (Å²) in [4.78, 5) is 22.4. The molecule has 2 rings (SSSR count). The van der Waals surface area contributed by atoms with Crippen molar-refractivity contribution < 1.29 is 22.9 Å². The second-order valence-corrected chi connectivity index (χ2v) is 9.01. The minimum atomic E-state index is -3.53. The second-order valence-electron chi connectivity index (χ2n) is 6.07. The molecule has 1 aromatic carbocycles. The SMILES string of the molecule is CC1CN(S(=O)(=O)CCNC(=O)c2ccc(Br)c([N+](=O)[O-])c2)CC(C)O1. The van der Waals surface area contributed by atoms with E-state index in [1.807, 2.05) is 0 Å². The standard InChI is InChI=1S/C15H20BrN3O6S/c1-10-8-18(9-11(2)25-10)26(23,24)6-5-17-15(20)12-3-4-13(16)14(7-12)19(21)22/h3-4,7,10-11H,5-6,8-9H2,1-2H3,(H,17,20). The van der Waals surface area contributed by atoms with Gasteiger partial charge in [0.25, 0.3) is 11.6 Å². The highest BCUT2D eigenvalue weighted by Crippen LogP contribution is 2.25. The molecule has 9 nitrogen and oxygen atoms in total. The van der Waals surface area contributed by atoms with Gasteiger partial charge in [-0.15, -0.1) is 0 Å². The molecule has 1 N–H and O–H groups in total. The Hall–Kier alpha value is -1.56. The van der Waals surface area contributed by atoms with Gasteiger partial charge in [0.1, 0.15) is 0 Å². The largest absolute Gasteiger partial charge is 0.373 e. The van der Waals surface area contributed by atoms with E-state index in [0.717, 1.165) is 6.07 Å². The maximum absolute atomic E-state index is 12.4. The van der Waals surface area contributed by atoms with E-state index in [2.05, 4.69) is 21.2 Å². The number of morpholine rings is 1. The molecule has 1 saturated heterocycles. The number of rotatable bonds is 6. The van der Waals surface area contributed by atoms with Crippen LogP contribution >= 0.6 is 15.9 Å². The highest BCUT2D eigenvalue weighted by molar-refractivity contribution is 9.10. The first-order valence-electron chi connectivity index (χ1n) is 7.95. The Morgan fingerprint density at radius 3 is 2.58 bits per heavy atom. The smallest absolute Gasteiger partial charge is 0.284 e. The summed E-state index contributed by atoms with van der Waals surface area (Å²) in [5.41, 5.74) is -0.146. The number of nitrogens with one attached hydrogen (secondary N) is 1. The molecule has 1 fully saturated rings. The van der Waals surface area contributed by atoms with Crippen LogP contribution in [0.1, 0.15) is 24.2 Å². The Balaban J connectivity index is 1.95. The summed E-state index contributed by atoms with van der Waals surface area (Å²) in [6.07, 6.45) is -0.377. The summed E-state index contributed by atoms with van der Waals surface area (Å²) >= 11 is 3.04. The van der Waals surface area contributed by atoms with Gasteiger partial charge >= 0.3 is 0 Å². The molecule has 0 aliphatic carbocycles. The third-order valence-electron chi connectivity index (χ3n) is 3.83. The van der Waals surface area contributed by atoms with Crippen molar-refractivity contribution in [1.29, 1.82) is 0 Å². The van der Waals surface area contributed by atoms with Crippen LogP contribution in [0.2, 0.25) is 0 Å². The van der Waals surface area contributed by atoms with Gasteiger partial charge in [0.15, 0.2) is 0 Å². The number of carbonyl (C=O) groups excluding carboxylic acids is 1. The van der Waals surface area contributed by atoms with Crippen molar-refractivity contribution in [2.45, 2.75) is 26.1 Å². The summed E-state index contributed by atoms with van der Waals surface area (Å²) in [7, 11) is -3.53. The summed E-state index contributed by atoms with van der Waals surface area (Å²) in [5, 5.41) is 13.4. The molecule has 1 aromatic rings. The first-order valence-corrected chi connectivity index (χ1v) is 10.4. The van der Waals surface area contributed by atoms with Crippen LogP contribution in [-0.4, -0.2) is 61.1 Å². The molecule has 0 spiro atoms. The minimum absolute atomic E-state index is 0.0888. The van der Waals surface area contributed by atoms with Gasteiger partial charge in [0, 0.05) is 31.3 Å². The first kappa shape index (κ1) is 20.7. The fourth-order valence-corrected chi connectivity index (χ4v) is 4.56. The van der Waals surface area contributed by atoms with Gasteiger partial charge in [-0.05, 0) is 41.9 Å². The lowest BCUT2D eigenvalue weighted by Crippen LogP contribution is -2.49. The molecule has 1 heterocycles. The van der Waals surface area contributed by atoms with Crippen LogP contribution < -0.4 is 5.32 Å². The van der Waals surface area contributed by atoms with Gasteiger partial charge in [-0.3, -0.25) is 14.9 Å². The van der Waals surface area contributed by atoms with Gasteiger partial charge in [0.2, 0.25) is 10.0 Å². The number of carbonyl (C=O) groups is 1. The molecule has 11 heteroatoms. The maximum Gasteiger partial charge on any atom is 0.284 e. The fraction of sp³-hybridized carbons (Fsp3) is 0.533. The predicted molar refractivity (Wildman–Crippen MR) is 98.5 cm³/mol. The average molecular weight is 450 g/mol. The predicted octanol–water partition coefficient (Wildman–Crippen LogP) is 1.53. The van der Waals surface area contributed by atoms with Crippen LogP contribution in [0.4, 0.5) is 5.69 Å². The molecule has 2 unspecified atom stereocenters. The molecule has 2 atom stereocenters. The number of hydrogen-bond donors (Lipinski definition) is 1. The van der Waals surface area contributed by atoms with E-state index >= 15 is 0 Å². The zero-order valence-corrected chi connectivity index (χ0v) is 16.7. The van der Waals surface area contributed by atoms with E-state index in [-0.39, 0.29) is 53.3 Å². The molecule has 0 aromatic heterocycles. The van der Waals surface area contributed by atoms with Crippen molar-refractivity contribution in [1.82, 2.24) is 9.62 Å². The number of nitro benzene ring substituents is 1. The van der Waals surface area contributed by atoms with Gasteiger partial charge in [-0.2, -0.15) is 4.31 Å². The number of halogens is 1. The Labute approximate surface area is 160 Å². The number of amides is 1. The van der Waals surface area contributed by atoms with Crippen molar-refractivity contribution in [2.75, 3.05) is 25.4 Å². The molecule has 26 heavy (non-hydrogen) atoms. The van der Waals surface area contributed by atoms with Crippen molar-refractivity contribution >= 4 is 37.5 Å². The van der Waals surface area contributed by atoms with E-state index in [9.17, 15) is 23.3 Å². The molecular weight excluding hydrogens is 430 g/mol. The lowest BCUT2D eigenvalue weighted by atomic mass is 10.2. The Bertz CT molecular complexity index is 791. The number of nitrogens with zero attached hydrogens (tertiary/aromatic N) is 2. The van der Waals surface area contributed by atoms with Gasteiger partial charge < -0.3 is 10.1 Å². The van der Waals surface area contributed by atoms with Crippen molar-refractivity contribution in [3.63, 3.8) is 0 Å². The Kier molecular flexibility index (Phi) is 6.72. The number of nitro groups is 1. The minimum Gasteiger partial charge on any atom is -0.373 e. The molecule has 0 radical (unpaired) electrons. The third kappa shape index (κ3) is 5.22. The number of benzene rings is 1. The highest BCUT2D eigenvalue weighted by atomic mass is 79.9. The fourth-order valence-electron chi connectivity index (χ4n) is 2.68. The Morgan fingerprint density at radius 1 is 1.38 bits per heavy atom. The number of sulfonamides is 1. The molecule has 0 saturated carbocycles. The maximum atomic E-state index is 12.4. The van der Waals surface area contributed by atoms with Gasteiger partial charge in [0.05, 0.1) is 27.4 Å². The average Bonchev–Trinajstić information content (AvgIpc) is 2.53. The molecule has 0 bridgehead atoms. The zero-order valence-electron chi connectivity index (χ0n) is 14.3. The van der Waals surface area contributed by atoms with E-state index in [4.69, 9.17) is 4.74 Å². The molecule has 144 valence electrons. The van der Waals surface area contributed by atoms with Crippen LogP contribution in [-0.2, 0) is 14.8 Å². The number of ether oxygens (including phenoxy) is 1. The van der Waals surface area contributed by atoms with Crippen molar-refractivity contribution in [3.8, 4) is 0 Å². The molecular formula is C15H20BrN3O6S. The summed E-state index contributed by atoms with van der Waals surface area (Å²) in [6.45, 7) is 4.07. The summed E-state index contributed by atoms with van der Waals surface area (Å²) < 4.78 is 32.0. The lowest BCUT2D eigenvalue weighted by molar-refractivity contribution is -0.385. The topological polar surface area (TPSA) is 119 Å². The van der Waals surface area contributed by atoms with Crippen molar-refractivity contribution in [2.24, 2.45) is 0 Å². The van der Waals surface area contributed by atoms with Crippen LogP contribution in [0.5, 0.6) is 0 Å². The van der Waals surface area contributed by atoms with E-state index in [0.29, 0.717) is 0 Å². The molecule has 1 amide bonds. The first-order chi connectivity index (χ1) is 12.1. The monoisotopic (exact) mass is 449 g/mol. The Morgan fingerprint density at radius 2 is 2.00 bits per heavy atom. The van der Waals surface area contributed by atoms with Crippen LogP contribution in [0.25, 0.3) is 0 Å². The van der Waals surface area contributed by atoms with Crippen LogP contribution in [0.15, 0.2) is 22.7 Å². The van der Waals surface area contributed by atoms with Crippen LogP contribution in [0, 0.1) is 10.1 Å². The van der Waals surface area contributed by atoms with Gasteiger partial charge in [-0.25, -0.2) is 8.42 Å². The molecule has 1 aliphatic heterocycles. The van der Waals surface area contributed by atoms with Crippen LogP contribution in [0.3, 0.4) is 0 Å². The lowest BCUT2D eigenvalue weighted by Gasteiger charge is -2.34. The zero-order chi connectivity index (χ0) is 19.5. The van der Waals surface area contributed by atoms with Crippen molar-refractivity contribution in [3.05, 3.63) is 38.3 Å². The summed E-state index contributed by atoms with van der Waals surface area (Å²) in [5.74, 6) is -0.823. The second kappa shape index (κ2) is 8.42. The quantitative estimate of drug-likeness (QED) is 0.519.